The van der Waals surface area contributed by atoms with Crippen LogP contribution in [0, 0.1) is 0 Å². The number of hydrogen-bond acceptors (Lipinski definition) is 2. The van der Waals surface area contributed by atoms with Gasteiger partial charge in [-0.05, 0) is 39.5 Å². The van der Waals surface area contributed by atoms with Gasteiger partial charge in [-0.25, -0.2) is 9.59 Å². The fourth-order valence-electron chi connectivity index (χ4n) is 2.43. The van der Waals surface area contributed by atoms with Crippen LogP contribution in [0.25, 0.3) is 0 Å². The van der Waals surface area contributed by atoms with Gasteiger partial charge in [-0.2, -0.15) is 0 Å². The highest BCUT2D eigenvalue weighted by Gasteiger charge is 2.39. The van der Waals surface area contributed by atoms with E-state index in [1.807, 2.05) is 6.92 Å². The van der Waals surface area contributed by atoms with Crippen LogP contribution in [-0.4, -0.2) is 39.6 Å². The Morgan fingerprint density at radius 1 is 1.39 bits per heavy atom. The fourth-order valence-corrected chi connectivity index (χ4v) is 2.43. The molecule has 1 aliphatic rings. The predicted octanol–water partition coefficient (Wildman–Crippen LogP) is 2.21. The molecule has 1 fully saturated rings. The Bertz CT molecular complexity index is 332. The first-order valence-corrected chi connectivity index (χ1v) is 6.69. The molecule has 5 nitrogen and oxygen atoms in total. The van der Waals surface area contributed by atoms with E-state index in [4.69, 9.17) is 0 Å². The molecule has 18 heavy (non-hydrogen) atoms. The zero-order chi connectivity index (χ0) is 13.9. The van der Waals surface area contributed by atoms with Crippen molar-refractivity contribution in [3.8, 4) is 0 Å². The Morgan fingerprint density at radius 3 is 2.44 bits per heavy atom. The molecule has 1 rings (SSSR count). The predicted molar refractivity (Wildman–Crippen MR) is 69.5 cm³/mol. The summed E-state index contributed by atoms with van der Waals surface area (Å²) in [6.45, 7) is 7.38. The molecule has 0 bridgehead atoms. The molecule has 0 spiro atoms. The minimum atomic E-state index is -1.18. The van der Waals surface area contributed by atoms with Crippen LogP contribution in [0.2, 0.25) is 0 Å². The number of carboxylic acids is 1. The number of carboxylic acid groups (broad SMARTS) is 1. The number of nitrogens with one attached hydrogen (secondary N) is 1. The first kappa shape index (κ1) is 14.8. The van der Waals surface area contributed by atoms with E-state index >= 15 is 0 Å². The van der Waals surface area contributed by atoms with Gasteiger partial charge in [-0.15, -0.1) is 0 Å². The number of likely N-dealkylation sites (tertiary alicyclic amines) is 1. The Kier molecular flexibility index (Phi) is 4.59. The molecule has 1 heterocycles. The van der Waals surface area contributed by atoms with Gasteiger partial charge in [0.15, 0.2) is 0 Å². The molecule has 1 saturated heterocycles. The third kappa shape index (κ3) is 2.76. The minimum absolute atomic E-state index is 0.185. The second-order valence-electron chi connectivity index (χ2n) is 5.32. The fraction of sp³-hybridized carbons (Fsp3) is 0.846. The van der Waals surface area contributed by atoms with E-state index in [0.29, 0.717) is 6.42 Å². The Balaban J connectivity index is 2.78. The number of amides is 2. The van der Waals surface area contributed by atoms with Crippen molar-refractivity contribution in [3.63, 3.8) is 0 Å². The van der Waals surface area contributed by atoms with Crippen molar-refractivity contribution in [2.75, 3.05) is 0 Å². The number of carbonyl (C=O) groups excluding carboxylic acids is 1. The molecule has 0 aromatic heterocycles. The maximum atomic E-state index is 12.3. The minimum Gasteiger partial charge on any atom is -0.480 e. The van der Waals surface area contributed by atoms with Crippen LogP contribution < -0.4 is 5.32 Å². The lowest BCUT2D eigenvalue weighted by Gasteiger charge is -2.33. The molecule has 0 aromatic carbocycles. The van der Waals surface area contributed by atoms with E-state index < -0.39 is 11.5 Å². The van der Waals surface area contributed by atoms with Gasteiger partial charge in [0.05, 0.1) is 0 Å². The molecule has 0 aliphatic carbocycles. The number of rotatable bonds is 4. The van der Waals surface area contributed by atoms with Crippen molar-refractivity contribution >= 4 is 12.0 Å². The van der Waals surface area contributed by atoms with E-state index in [1.54, 1.807) is 18.7 Å². The van der Waals surface area contributed by atoms with Crippen molar-refractivity contribution in [2.45, 2.75) is 71.0 Å². The summed E-state index contributed by atoms with van der Waals surface area (Å²) in [7, 11) is 0. The average Bonchev–Trinajstić information content (AvgIpc) is 2.69. The SMILES string of the molecule is CCC1CCC(C)N1C(=O)NC(C)(CC)C(=O)O. The summed E-state index contributed by atoms with van der Waals surface area (Å²) in [4.78, 5) is 25.3. The quantitative estimate of drug-likeness (QED) is 0.810. The Morgan fingerprint density at radius 2 is 2.00 bits per heavy atom. The third-order valence-electron chi connectivity index (χ3n) is 4.05. The molecule has 0 aromatic rings. The summed E-state index contributed by atoms with van der Waals surface area (Å²) in [6.07, 6.45) is 3.27. The summed E-state index contributed by atoms with van der Waals surface area (Å²) in [5, 5.41) is 11.8. The van der Waals surface area contributed by atoms with Crippen molar-refractivity contribution in [2.24, 2.45) is 0 Å². The maximum Gasteiger partial charge on any atom is 0.329 e. The van der Waals surface area contributed by atoms with Gasteiger partial charge in [0.25, 0.3) is 0 Å². The molecular formula is C13H24N2O3. The van der Waals surface area contributed by atoms with E-state index in [0.717, 1.165) is 19.3 Å². The molecular weight excluding hydrogens is 232 g/mol. The molecule has 3 atom stereocenters. The van der Waals surface area contributed by atoms with Crippen LogP contribution in [-0.2, 0) is 4.79 Å². The average molecular weight is 256 g/mol. The first-order chi connectivity index (χ1) is 8.35. The summed E-state index contributed by atoms with van der Waals surface area (Å²) in [5.41, 5.74) is -1.18. The second kappa shape index (κ2) is 5.59. The van der Waals surface area contributed by atoms with Crippen molar-refractivity contribution < 1.29 is 14.7 Å². The summed E-state index contributed by atoms with van der Waals surface area (Å²) in [6, 6.07) is 0.165. The Labute approximate surface area is 109 Å². The number of nitrogens with zero attached hydrogens (tertiary/aromatic N) is 1. The van der Waals surface area contributed by atoms with E-state index in [1.165, 1.54) is 0 Å². The highest BCUT2D eigenvalue weighted by Crippen LogP contribution is 2.26. The van der Waals surface area contributed by atoms with Crippen LogP contribution in [0.15, 0.2) is 0 Å². The first-order valence-electron chi connectivity index (χ1n) is 6.69. The van der Waals surface area contributed by atoms with Gasteiger partial charge in [-0.1, -0.05) is 13.8 Å². The topological polar surface area (TPSA) is 69.6 Å². The van der Waals surface area contributed by atoms with Gasteiger partial charge < -0.3 is 15.3 Å². The van der Waals surface area contributed by atoms with Crippen molar-refractivity contribution in [3.05, 3.63) is 0 Å². The van der Waals surface area contributed by atoms with Gasteiger partial charge in [-0.3, -0.25) is 0 Å². The summed E-state index contributed by atoms with van der Waals surface area (Å²) >= 11 is 0. The molecule has 3 unspecified atom stereocenters. The molecule has 2 amide bonds. The van der Waals surface area contributed by atoms with Gasteiger partial charge in [0.1, 0.15) is 5.54 Å². The third-order valence-corrected chi connectivity index (χ3v) is 4.05. The molecule has 104 valence electrons. The molecule has 2 N–H and O–H groups in total. The lowest BCUT2D eigenvalue weighted by molar-refractivity contribution is -0.143. The molecule has 0 saturated carbocycles. The van der Waals surface area contributed by atoms with E-state index in [-0.39, 0.29) is 18.1 Å². The van der Waals surface area contributed by atoms with Crippen LogP contribution in [0.4, 0.5) is 4.79 Å². The number of hydrogen-bond donors (Lipinski definition) is 2. The van der Waals surface area contributed by atoms with Crippen LogP contribution in [0.5, 0.6) is 0 Å². The second-order valence-corrected chi connectivity index (χ2v) is 5.32. The highest BCUT2D eigenvalue weighted by atomic mass is 16.4. The molecule has 5 heteroatoms. The smallest absolute Gasteiger partial charge is 0.329 e. The van der Waals surface area contributed by atoms with Crippen molar-refractivity contribution in [1.82, 2.24) is 10.2 Å². The van der Waals surface area contributed by atoms with Gasteiger partial charge >= 0.3 is 12.0 Å². The number of aliphatic carboxylic acids is 1. The van der Waals surface area contributed by atoms with Gasteiger partial charge in [0.2, 0.25) is 0 Å². The number of carbonyl (C=O) groups is 2. The van der Waals surface area contributed by atoms with Crippen LogP contribution in [0.1, 0.15) is 53.4 Å². The standard InChI is InChI=1S/C13H24N2O3/c1-5-10-8-7-9(3)15(10)12(18)14-13(4,6-2)11(16)17/h9-10H,5-8H2,1-4H3,(H,14,18)(H,16,17). The lowest BCUT2D eigenvalue weighted by Crippen LogP contribution is -2.57. The molecule has 1 aliphatic heterocycles. The largest absolute Gasteiger partial charge is 0.480 e. The van der Waals surface area contributed by atoms with E-state index in [9.17, 15) is 14.7 Å². The van der Waals surface area contributed by atoms with Crippen LogP contribution in [0.3, 0.4) is 0 Å². The zero-order valence-electron chi connectivity index (χ0n) is 11.7. The summed E-state index contributed by atoms with van der Waals surface area (Å²) in [5.74, 6) is -0.988. The zero-order valence-corrected chi connectivity index (χ0v) is 11.7. The lowest BCUT2D eigenvalue weighted by atomic mass is 9.99. The van der Waals surface area contributed by atoms with Crippen LogP contribution >= 0.6 is 0 Å². The van der Waals surface area contributed by atoms with E-state index in [2.05, 4.69) is 12.2 Å². The normalized spacial score (nSPS) is 26.8. The Hall–Kier alpha value is -1.26. The highest BCUT2D eigenvalue weighted by molar-refractivity contribution is 5.86. The summed E-state index contributed by atoms with van der Waals surface area (Å²) < 4.78 is 0. The van der Waals surface area contributed by atoms with Crippen molar-refractivity contribution in [1.29, 1.82) is 0 Å². The van der Waals surface area contributed by atoms with Gasteiger partial charge in [0, 0.05) is 12.1 Å². The number of urea groups is 1. The molecule has 0 radical (unpaired) electrons. The monoisotopic (exact) mass is 256 g/mol. The maximum absolute atomic E-state index is 12.3.